The van der Waals surface area contributed by atoms with E-state index in [1.165, 1.54) is 0 Å². The Morgan fingerprint density at radius 2 is 1.96 bits per heavy atom. The Hall–Kier alpha value is -3.08. The van der Waals surface area contributed by atoms with E-state index in [1.54, 1.807) is 25.1 Å². The maximum absolute atomic E-state index is 12.4. The van der Waals surface area contributed by atoms with Crippen LogP contribution in [0, 0.1) is 5.92 Å². The topological polar surface area (TPSA) is 78.5 Å². The summed E-state index contributed by atoms with van der Waals surface area (Å²) in [4.78, 5) is 23.4. The van der Waals surface area contributed by atoms with Crippen molar-refractivity contribution in [2.45, 2.75) is 25.3 Å². The molecule has 0 unspecified atom stereocenters. The summed E-state index contributed by atoms with van der Waals surface area (Å²) in [6.45, 7) is 2.11. The third-order valence-electron chi connectivity index (χ3n) is 5.40. The number of carboxylic acid groups (broad SMARTS) is 1. The van der Waals surface area contributed by atoms with Gasteiger partial charge in [0.2, 0.25) is 0 Å². The number of rotatable bonds is 4. The Kier molecular flexibility index (Phi) is 4.44. The van der Waals surface area contributed by atoms with Gasteiger partial charge in [-0.15, -0.1) is 0 Å². The summed E-state index contributed by atoms with van der Waals surface area (Å²) in [5.74, 6) is -1.01. The lowest BCUT2D eigenvalue weighted by molar-refractivity contribution is -0.255. The predicted octanol–water partition coefficient (Wildman–Crippen LogP) is 3.05. The van der Waals surface area contributed by atoms with Crippen LogP contribution in [-0.4, -0.2) is 18.5 Å². The van der Waals surface area contributed by atoms with Crippen LogP contribution in [0.3, 0.4) is 0 Å². The number of hydrogen-bond donors (Lipinski definition) is 1. The number of esters is 1. The lowest BCUT2D eigenvalue weighted by Crippen LogP contribution is -2.30. The highest BCUT2D eigenvalue weighted by Crippen LogP contribution is 2.50. The monoisotopic (exact) mass is 362 g/mol. The first-order chi connectivity index (χ1) is 13.1. The van der Waals surface area contributed by atoms with Crippen LogP contribution in [0.5, 0.6) is 0 Å². The second kappa shape index (κ2) is 6.91. The van der Waals surface area contributed by atoms with E-state index in [0.717, 1.165) is 23.2 Å². The first kappa shape index (κ1) is 17.3. The van der Waals surface area contributed by atoms with Crippen LogP contribution in [0.25, 0.3) is 0 Å². The normalized spacial score (nSPS) is 22.5. The molecule has 1 aliphatic carbocycles. The molecule has 2 aliphatic rings. The van der Waals surface area contributed by atoms with E-state index in [-0.39, 0.29) is 23.5 Å². The van der Waals surface area contributed by atoms with Crippen LogP contribution in [0.4, 0.5) is 5.69 Å². The van der Waals surface area contributed by atoms with Crippen molar-refractivity contribution in [2.75, 3.05) is 11.9 Å². The number of carboxylic acids is 1. The number of aromatic carboxylic acids is 1. The van der Waals surface area contributed by atoms with Crippen LogP contribution >= 0.6 is 0 Å². The zero-order valence-corrected chi connectivity index (χ0v) is 15.0. The van der Waals surface area contributed by atoms with Crippen LogP contribution in [0.2, 0.25) is 0 Å². The number of para-hydroxylation sites is 1. The Labute approximate surface area is 157 Å². The number of hydrogen-bond acceptors (Lipinski definition) is 5. The first-order valence-electron chi connectivity index (χ1n) is 9.14. The minimum Gasteiger partial charge on any atom is -0.545 e. The number of allylic oxidation sites excluding steroid dienone is 2. The molecule has 4 rings (SSSR count). The molecule has 0 aromatic heterocycles. The molecule has 3 atom stereocenters. The van der Waals surface area contributed by atoms with E-state index < -0.39 is 5.97 Å². The molecule has 0 amide bonds. The third-order valence-corrected chi connectivity index (χ3v) is 5.40. The molecule has 0 spiro atoms. The van der Waals surface area contributed by atoms with Crippen molar-refractivity contribution in [3.05, 3.63) is 76.9 Å². The predicted molar refractivity (Wildman–Crippen MR) is 99.5 cm³/mol. The molecule has 2 aromatic carbocycles. The van der Waals surface area contributed by atoms with Crippen LogP contribution in [-0.2, 0) is 4.74 Å². The largest absolute Gasteiger partial charge is 0.545 e. The van der Waals surface area contributed by atoms with Crippen molar-refractivity contribution in [3.63, 3.8) is 0 Å². The molecule has 0 bridgehead atoms. The van der Waals surface area contributed by atoms with Gasteiger partial charge in [0.05, 0.1) is 29.9 Å². The highest BCUT2D eigenvalue weighted by Gasteiger charge is 2.39. The molecule has 0 saturated carbocycles. The standard InChI is InChI=1S/C22H21NO4/c1-2-27-22(26)18-8-4-7-17-15-5-3-6-16(15)19(23-20(17)18)13-9-11-14(12-10-13)21(24)25/h3-5,7-12,15-16,19,23H,2,6H2,1H3,(H,24,25)/p-1/t15-,16+,19-/m1/s1. The number of carbonyl (C=O) groups is 2. The molecule has 2 aromatic rings. The lowest BCUT2D eigenvalue weighted by atomic mass is 9.76. The minimum atomic E-state index is -1.19. The smallest absolute Gasteiger partial charge is 0.340 e. The molecule has 1 heterocycles. The zero-order valence-electron chi connectivity index (χ0n) is 15.0. The number of fused-ring (bicyclic) bond motifs is 3. The molecule has 5 nitrogen and oxygen atoms in total. The fourth-order valence-corrected chi connectivity index (χ4v) is 4.16. The Morgan fingerprint density at radius 1 is 1.19 bits per heavy atom. The van der Waals surface area contributed by atoms with E-state index in [1.807, 2.05) is 24.3 Å². The molecule has 0 saturated heterocycles. The summed E-state index contributed by atoms with van der Waals surface area (Å²) in [6, 6.07) is 12.5. The average Bonchev–Trinajstić information content (AvgIpc) is 3.17. The van der Waals surface area contributed by atoms with Crippen molar-refractivity contribution in [1.82, 2.24) is 0 Å². The number of benzene rings is 2. The van der Waals surface area contributed by atoms with E-state index in [2.05, 4.69) is 17.5 Å². The van der Waals surface area contributed by atoms with Gasteiger partial charge in [-0.1, -0.05) is 48.6 Å². The summed E-state index contributed by atoms with van der Waals surface area (Å²) < 4.78 is 5.22. The third kappa shape index (κ3) is 2.99. The second-order valence-electron chi connectivity index (χ2n) is 6.88. The molecule has 27 heavy (non-hydrogen) atoms. The van der Waals surface area contributed by atoms with E-state index in [0.29, 0.717) is 18.1 Å². The van der Waals surface area contributed by atoms with Crippen LogP contribution in [0.15, 0.2) is 54.6 Å². The van der Waals surface area contributed by atoms with Crippen LogP contribution < -0.4 is 10.4 Å². The fourth-order valence-electron chi connectivity index (χ4n) is 4.16. The zero-order chi connectivity index (χ0) is 19.0. The number of nitrogens with one attached hydrogen (secondary N) is 1. The highest BCUT2D eigenvalue weighted by atomic mass is 16.5. The number of anilines is 1. The molecule has 0 fully saturated rings. The molecule has 0 radical (unpaired) electrons. The van der Waals surface area contributed by atoms with Crippen LogP contribution in [0.1, 0.15) is 57.1 Å². The van der Waals surface area contributed by atoms with E-state index in [9.17, 15) is 14.7 Å². The number of ether oxygens (including phenoxy) is 1. The van der Waals surface area contributed by atoms with Crippen molar-refractivity contribution in [3.8, 4) is 0 Å². The SMILES string of the molecule is CCOC(=O)c1cccc2c1N[C@H](c1ccc(C(=O)[O-])cc1)[C@H]1CC=C[C@@H]21. The number of carbonyl (C=O) groups excluding carboxylic acids is 2. The fraction of sp³-hybridized carbons (Fsp3) is 0.273. The maximum Gasteiger partial charge on any atom is 0.340 e. The molecule has 1 N–H and O–H groups in total. The van der Waals surface area contributed by atoms with Gasteiger partial charge >= 0.3 is 5.97 Å². The van der Waals surface area contributed by atoms with Gasteiger partial charge in [0.25, 0.3) is 0 Å². The average molecular weight is 362 g/mol. The van der Waals surface area contributed by atoms with Gasteiger partial charge in [-0.2, -0.15) is 0 Å². The quantitative estimate of drug-likeness (QED) is 0.668. The van der Waals surface area contributed by atoms with Crippen molar-refractivity contribution >= 4 is 17.6 Å². The summed E-state index contributed by atoms with van der Waals surface area (Å²) >= 11 is 0. The van der Waals surface area contributed by atoms with Gasteiger partial charge in [-0.05, 0) is 42.0 Å². The first-order valence-corrected chi connectivity index (χ1v) is 9.14. The van der Waals surface area contributed by atoms with Gasteiger partial charge in [-0.25, -0.2) is 4.79 Å². The lowest BCUT2D eigenvalue weighted by Gasteiger charge is -2.38. The van der Waals surface area contributed by atoms with Gasteiger partial charge < -0.3 is 20.0 Å². The van der Waals surface area contributed by atoms with Gasteiger partial charge in [0, 0.05) is 5.92 Å². The summed E-state index contributed by atoms with van der Waals surface area (Å²) in [7, 11) is 0. The van der Waals surface area contributed by atoms with E-state index >= 15 is 0 Å². The van der Waals surface area contributed by atoms with E-state index in [4.69, 9.17) is 4.74 Å². The van der Waals surface area contributed by atoms with Gasteiger partial charge in [0.1, 0.15) is 0 Å². The highest BCUT2D eigenvalue weighted by molar-refractivity contribution is 5.97. The van der Waals surface area contributed by atoms with Gasteiger partial charge in [0.15, 0.2) is 0 Å². The molecule has 1 aliphatic heterocycles. The van der Waals surface area contributed by atoms with Crippen molar-refractivity contribution < 1.29 is 19.4 Å². The van der Waals surface area contributed by atoms with Crippen molar-refractivity contribution in [1.29, 1.82) is 0 Å². The second-order valence-corrected chi connectivity index (χ2v) is 6.88. The summed E-state index contributed by atoms with van der Waals surface area (Å²) in [5.41, 5.74) is 3.58. The summed E-state index contributed by atoms with van der Waals surface area (Å²) in [5, 5.41) is 14.6. The minimum absolute atomic E-state index is 0.0242. The molecule has 138 valence electrons. The molecular weight excluding hydrogens is 342 g/mol. The Morgan fingerprint density at radius 3 is 2.67 bits per heavy atom. The summed E-state index contributed by atoms with van der Waals surface area (Å²) in [6.07, 6.45) is 5.29. The van der Waals surface area contributed by atoms with Crippen molar-refractivity contribution in [2.24, 2.45) is 5.92 Å². The van der Waals surface area contributed by atoms with Gasteiger partial charge in [-0.3, -0.25) is 0 Å². The molecule has 5 heteroatoms. The Balaban J connectivity index is 1.75. The Bertz CT molecular complexity index is 916. The maximum atomic E-state index is 12.4. The molecular formula is C22H20NO4-.